The number of esters is 1. The van der Waals surface area contributed by atoms with Gasteiger partial charge in [-0.2, -0.15) is 0 Å². The van der Waals surface area contributed by atoms with E-state index >= 15 is 0 Å². The lowest BCUT2D eigenvalue weighted by molar-refractivity contribution is -0.151. The molecule has 1 aromatic carbocycles. The number of carbonyl (C=O) groups is 4. The Kier molecular flexibility index (Phi) is 6.27. The zero-order valence-corrected chi connectivity index (χ0v) is 14.4. The second kappa shape index (κ2) is 8.41. The lowest BCUT2D eigenvalue weighted by atomic mass is 10.1. The molecule has 0 saturated heterocycles. The average Bonchev–Trinajstić information content (AvgIpc) is 2.87. The van der Waals surface area contributed by atoms with Crippen LogP contribution in [0.3, 0.4) is 0 Å². The largest absolute Gasteiger partial charge is 0.454 e. The van der Waals surface area contributed by atoms with E-state index in [9.17, 15) is 19.2 Å². The molecule has 0 aromatic heterocycles. The number of carbonyl (C=O) groups excluding carboxylic acids is 4. The van der Waals surface area contributed by atoms with Gasteiger partial charge in [0.15, 0.2) is 6.61 Å². The molecule has 0 fully saturated rings. The summed E-state index contributed by atoms with van der Waals surface area (Å²) in [6.45, 7) is 3.56. The Morgan fingerprint density at radius 3 is 2.28 bits per heavy atom. The zero-order valence-electron chi connectivity index (χ0n) is 14.4. The molecule has 0 unspecified atom stereocenters. The maximum Gasteiger partial charge on any atom is 0.329 e. The number of nitrogens with zero attached hydrogens (tertiary/aromatic N) is 1. The molecule has 1 aromatic rings. The summed E-state index contributed by atoms with van der Waals surface area (Å²) in [5, 5.41) is 2.65. The molecular weight excluding hydrogens is 324 g/mol. The Morgan fingerprint density at radius 2 is 1.72 bits per heavy atom. The number of fused-ring (bicyclic) bond motifs is 1. The first-order valence-electron chi connectivity index (χ1n) is 8.37. The minimum absolute atomic E-state index is 0.265. The maximum absolute atomic E-state index is 12.3. The molecule has 1 atom stereocenters. The van der Waals surface area contributed by atoms with Gasteiger partial charge in [0, 0.05) is 6.54 Å². The van der Waals surface area contributed by atoms with E-state index in [0.29, 0.717) is 6.54 Å². The molecule has 7 heteroatoms. The van der Waals surface area contributed by atoms with Crippen LogP contribution in [0.25, 0.3) is 0 Å². The number of nitrogens with one attached hydrogen (secondary N) is 1. The van der Waals surface area contributed by atoms with Gasteiger partial charge in [0.1, 0.15) is 6.04 Å². The van der Waals surface area contributed by atoms with Crippen LogP contribution in [-0.4, -0.2) is 47.8 Å². The van der Waals surface area contributed by atoms with E-state index in [1.165, 1.54) is 19.1 Å². The Morgan fingerprint density at radius 1 is 1.12 bits per heavy atom. The summed E-state index contributed by atoms with van der Waals surface area (Å²) in [5.74, 6) is -2.26. The van der Waals surface area contributed by atoms with Crippen LogP contribution in [-0.2, 0) is 14.3 Å². The molecule has 1 heterocycles. The third kappa shape index (κ3) is 4.23. The van der Waals surface area contributed by atoms with Gasteiger partial charge in [-0.15, -0.1) is 0 Å². The molecular formula is C18H22N2O5. The fourth-order valence-corrected chi connectivity index (χ4v) is 2.58. The fraction of sp³-hybridized carbons (Fsp3) is 0.444. The molecule has 0 radical (unpaired) electrons. The molecule has 25 heavy (non-hydrogen) atoms. The van der Waals surface area contributed by atoms with Crippen LogP contribution in [0.15, 0.2) is 24.3 Å². The van der Waals surface area contributed by atoms with Crippen molar-refractivity contribution < 1.29 is 23.9 Å². The lowest BCUT2D eigenvalue weighted by Crippen LogP contribution is -2.44. The molecule has 134 valence electrons. The van der Waals surface area contributed by atoms with Crippen molar-refractivity contribution in [3.8, 4) is 0 Å². The molecule has 0 spiro atoms. The fourth-order valence-electron chi connectivity index (χ4n) is 2.58. The highest BCUT2D eigenvalue weighted by atomic mass is 16.5. The van der Waals surface area contributed by atoms with Gasteiger partial charge in [-0.1, -0.05) is 31.9 Å². The van der Waals surface area contributed by atoms with Crippen LogP contribution in [0.1, 0.15) is 53.8 Å². The molecule has 1 N–H and O–H groups in total. The molecule has 2 rings (SSSR count). The Hall–Kier alpha value is -2.70. The van der Waals surface area contributed by atoms with Crippen LogP contribution in [0, 0.1) is 0 Å². The number of hydrogen-bond acceptors (Lipinski definition) is 5. The maximum atomic E-state index is 12.3. The van der Waals surface area contributed by atoms with E-state index in [1.54, 1.807) is 12.1 Å². The summed E-state index contributed by atoms with van der Waals surface area (Å²) in [6.07, 6.45) is 2.92. The van der Waals surface area contributed by atoms with Crippen molar-refractivity contribution in [2.24, 2.45) is 0 Å². The second-order valence-corrected chi connectivity index (χ2v) is 5.87. The van der Waals surface area contributed by atoms with Gasteiger partial charge in [-0.3, -0.25) is 19.3 Å². The van der Waals surface area contributed by atoms with Crippen LogP contribution in [0.4, 0.5) is 0 Å². The highest BCUT2D eigenvalue weighted by Gasteiger charge is 2.41. The lowest BCUT2D eigenvalue weighted by Gasteiger charge is -2.20. The quantitative estimate of drug-likeness (QED) is 0.438. The van der Waals surface area contributed by atoms with Crippen LogP contribution in [0.5, 0.6) is 0 Å². The number of amides is 3. The number of ether oxygens (including phenoxy) is 1. The number of hydrogen-bond donors (Lipinski definition) is 1. The van der Waals surface area contributed by atoms with Crippen molar-refractivity contribution >= 4 is 23.7 Å². The number of benzene rings is 1. The van der Waals surface area contributed by atoms with Gasteiger partial charge in [0.2, 0.25) is 0 Å². The van der Waals surface area contributed by atoms with E-state index in [-0.39, 0.29) is 11.1 Å². The van der Waals surface area contributed by atoms with Gasteiger partial charge < -0.3 is 10.1 Å². The van der Waals surface area contributed by atoms with Crippen LogP contribution in [0.2, 0.25) is 0 Å². The highest BCUT2D eigenvalue weighted by Crippen LogP contribution is 2.24. The third-order valence-electron chi connectivity index (χ3n) is 4.00. The molecule has 7 nitrogen and oxygen atoms in total. The molecule has 1 aliphatic rings. The highest BCUT2D eigenvalue weighted by molar-refractivity contribution is 6.22. The summed E-state index contributed by atoms with van der Waals surface area (Å²) in [6, 6.07) is 5.29. The third-order valence-corrected chi connectivity index (χ3v) is 4.00. The molecule has 0 bridgehead atoms. The molecule has 0 aliphatic carbocycles. The van der Waals surface area contributed by atoms with Crippen molar-refractivity contribution in [3.63, 3.8) is 0 Å². The molecule has 3 amide bonds. The summed E-state index contributed by atoms with van der Waals surface area (Å²) >= 11 is 0. The van der Waals surface area contributed by atoms with Gasteiger partial charge in [-0.25, -0.2) is 4.79 Å². The van der Waals surface area contributed by atoms with Gasteiger partial charge >= 0.3 is 5.97 Å². The van der Waals surface area contributed by atoms with Crippen molar-refractivity contribution in [2.75, 3.05) is 13.2 Å². The number of rotatable bonds is 8. The first kappa shape index (κ1) is 18.6. The van der Waals surface area contributed by atoms with E-state index in [4.69, 9.17) is 4.74 Å². The monoisotopic (exact) mass is 346 g/mol. The predicted octanol–water partition coefficient (Wildman–Crippen LogP) is 1.52. The van der Waals surface area contributed by atoms with Gasteiger partial charge in [-0.05, 0) is 25.5 Å². The van der Waals surface area contributed by atoms with Crippen LogP contribution >= 0.6 is 0 Å². The summed E-state index contributed by atoms with van der Waals surface area (Å²) in [5.41, 5.74) is 0.529. The summed E-state index contributed by atoms with van der Waals surface area (Å²) < 4.78 is 4.93. The van der Waals surface area contributed by atoms with E-state index in [2.05, 4.69) is 12.2 Å². The minimum atomic E-state index is -1.10. The molecule has 1 aliphatic heterocycles. The second-order valence-electron chi connectivity index (χ2n) is 5.87. The van der Waals surface area contributed by atoms with Gasteiger partial charge in [0.25, 0.3) is 17.7 Å². The van der Waals surface area contributed by atoms with Crippen LogP contribution < -0.4 is 5.32 Å². The Labute approximate surface area is 146 Å². The number of unbranched alkanes of at least 4 members (excludes halogenated alkanes) is 2. The van der Waals surface area contributed by atoms with Crippen molar-refractivity contribution in [1.29, 1.82) is 0 Å². The Balaban J connectivity index is 1.88. The van der Waals surface area contributed by atoms with Crippen molar-refractivity contribution in [2.45, 2.75) is 39.2 Å². The minimum Gasteiger partial charge on any atom is -0.454 e. The molecule has 0 saturated carbocycles. The zero-order chi connectivity index (χ0) is 18.4. The normalized spacial score (nSPS) is 14.2. The van der Waals surface area contributed by atoms with Crippen molar-refractivity contribution in [1.82, 2.24) is 10.2 Å². The predicted molar refractivity (Wildman–Crippen MR) is 89.9 cm³/mol. The summed E-state index contributed by atoms with van der Waals surface area (Å²) in [4.78, 5) is 49.2. The van der Waals surface area contributed by atoms with Crippen molar-refractivity contribution in [3.05, 3.63) is 35.4 Å². The number of imide groups is 1. The first-order valence-corrected chi connectivity index (χ1v) is 8.37. The smallest absolute Gasteiger partial charge is 0.329 e. The summed E-state index contributed by atoms with van der Waals surface area (Å²) in [7, 11) is 0. The van der Waals surface area contributed by atoms with E-state index in [1.807, 2.05) is 0 Å². The topological polar surface area (TPSA) is 92.8 Å². The van der Waals surface area contributed by atoms with E-state index < -0.39 is 36.3 Å². The van der Waals surface area contributed by atoms with E-state index in [0.717, 1.165) is 24.2 Å². The Bertz CT molecular complexity index is 651. The SMILES string of the molecule is CCCCCNC(=O)COC(=O)[C@@H](C)N1C(=O)c2ccccc2C1=O. The average molecular weight is 346 g/mol. The standard InChI is InChI=1S/C18H22N2O5/c1-3-4-7-10-19-15(21)11-25-18(24)12(2)20-16(22)13-8-5-6-9-14(13)17(20)23/h5-6,8-9,12H,3-4,7,10-11H2,1-2H3,(H,19,21)/t12-/m1/s1. The van der Waals surface area contributed by atoms with Gasteiger partial charge in [0.05, 0.1) is 11.1 Å². The first-order chi connectivity index (χ1) is 12.0.